The Balaban J connectivity index is 0.000000120. The Bertz CT molecular complexity index is 160. The Morgan fingerprint density at radius 2 is 1.92 bits per heavy atom. The van der Waals surface area contributed by atoms with Crippen molar-refractivity contribution in [2.24, 2.45) is 0 Å². The highest BCUT2D eigenvalue weighted by Crippen LogP contribution is 1.91. The zero-order valence-electron chi connectivity index (χ0n) is 7.29. The Labute approximate surface area is 74.0 Å². The molecule has 0 radical (unpaired) electrons. The van der Waals surface area contributed by atoms with Crippen molar-refractivity contribution >= 4 is 0 Å². The van der Waals surface area contributed by atoms with E-state index < -0.39 is 0 Å². The van der Waals surface area contributed by atoms with E-state index >= 15 is 0 Å². The molecule has 12 heavy (non-hydrogen) atoms. The summed E-state index contributed by atoms with van der Waals surface area (Å²) in [5.41, 5.74) is 0. The Morgan fingerprint density at radius 3 is 2.08 bits per heavy atom. The molecule has 0 atom stereocenters. The van der Waals surface area contributed by atoms with Crippen LogP contribution in [0, 0.1) is 0 Å². The van der Waals surface area contributed by atoms with Crippen LogP contribution in [-0.4, -0.2) is 13.1 Å². The highest BCUT2D eigenvalue weighted by Gasteiger charge is 1.84. The van der Waals surface area contributed by atoms with Gasteiger partial charge in [-0.15, -0.1) is 0 Å². The van der Waals surface area contributed by atoms with Gasteiger partial charge >= 0.3 is 0 Å². The fourth-order valence-corrected chi connectivity index (χ4v) is 0.978. The van der Waals surface area contributed by atoms with Gasteiger partial charge in [0.05, 0.1) is 0 Å². The first-order chi connectivity index (χ1) is 6.00. The molecule has 0 aromatic heterocycles. The van der Waals surface area contributed by atoms with Gasteiger partial charge in [-0.05, 0) is 31.3 Å². The van der Waals surface area contributed by atoms with E-state index in [1.54, 1.807) is 0 Å². The van der Waals surface area contributed by atoms with Gasteiger partial charge in [0, 0.05) is 13.1 Å². The summed E-state index contributed by atoms with van der Waals surface area (Å²) in [6.45, 7) is 2.15. The van der Waals surface area contributed by atoms with Gasteiger partial charge in [-0.2, -0.15) is 0 Å². The van der Waals surface area contributed by atoms with E-state index in [1.165, 1.54) is 12.8 Å². The van der Waals surface area contributed by atoms with Gasteiger partial charge in [0.15, 0.2) is 0 Å². The smallest absolute Gasteiger partial charge is 0.0328 e. The minimum absolute atomic E-state index is 0.983. The molecule has 0 aliphatic carbocycles. The molecule has 2 N–H and O–H groups in total. The lowest BCUT2D eigenvalue weighted by molar-refractivity contribution is 0.728. The minimum Gasteiger partial charge on any atom is -0.391 e. The van der Waals surface area contributed by atoms with E-state index in [0.29, 0.717) is 0 Å². The molecular formula is C10H16N2. The topological polar surface area (TPSA) is 24.1 Å². The van der Waals surface area contributed by atoms with Crippen LogP contribution in [0.4, 0.5) is 0 Å². The molecule has 2 heterocycles. The van der Waals surface area contributed by atoms with Crippen LogP contribution in [-0.2, 0) is 0 Å². The van der Waals surface area contributed by atoms with Crippen molar-refractivity contribution in [3.63, 3.8) is 0 Å². The molecule has 0 unspecified atom stereocenters. The fourth-order valence-electron chi connectivity index (χ4n) is 0.978. The summed E-state index contributed by atoms with van der Waals surface area (Å²) in [5, 5.41) is 6.12. The number of hydrogen-bond acceptors (Lipinski definition) is 2. The quantitative estimate of drug-likeness (QED) is 0.567. The molecule has 2 nitrogen and oxygen atoms in total. The summed E-state index contributed by atoms with van der Waals surface area (Å²) in [5.74, 6) is 0. The lowest BCUT2D eigenvalue weighted by atomic mass is 10.2. The van der Waals surface area contributed by atoms with Crippen molar-refractivity contribution in [3.8, 4) is 0 Å². The van der Waals surface area contributed by atoms with Crippen LogP contribution in [0.3, 0.4) is 0 Å². The average Bonchev–Trinajstić information content (AvgIpc) is 2.24. The summed E-state index contributed by atoms with van der Waals surface area (Å²) in [6, 6.07) is 0. The number of hydrogen-bond donors (Lipinski definition) is 2. The van der Waals surface area contributed by atoms with Gasteiger partial charge in [0.25, 0.3) is 0 Å². The zero-order chi connectivity index (χ0) is 8.49. The van der Waals surface area contributed by atoms with Crippen molar-refractivity contribution in [3.05, 3.63) is 36.7 Å². The predicted molar refractivity (Wildman–Crippen MR) is 52.7 cm³/mol. The molecule has 0 saturated heterocycles. The summed E-state index contributed by atoms with van der Waals surface area (Å²) < 4.78 is 0. The van der Waals surface area contributed by atoms with E-state index in [4.69, 9.17) is 0 Å². The molecule has 66 valence electrons. The number of dihydropyridines is 1. The lowest BCUT2D eigenvalue weighted by Gasteiger charge is -2.02. The molecule has 0 fully saturated rings. The van der Waals surface area contributed by atoms with Gasteiger partial charge in [0.2, 0.25) is 0 Å². The van der Waals surface area contributed by atoms with Crippen LogP contribution < -0.4 is 10.6 Å². The van der Waals surface area contributed by atoms with Crippen LogP contribution in [0.25, 0.3) is 0 Å². The summed E-state index contributed by atoms with van der Waals surface area (Å²) >= 11 is 0. The largest absolute Gasteiger partial charge is 0.391 e. The van der Waals surface area contributed by atoms with E-state index in [1.807, 2.05) is 24.6 Å². The van der Waals surface area contributed by atoms with Crippen molar-refractivity contribution in [2.45, 2.75) is 12.8 Å². The fraction of sp³-hybridized carbons (Fsp3) is 0.400. The lowest BCUT2D eigenvalue weighted by Crippen LogP contribution is -2.09. The third-order valence-electron chi connectivity index (χ3n) is 1.62. The molecule has 2 aliphatic heterocycles. The Morgan fingerprint density at radius 1 is 0.917 bits per heavy atom. The zero-order valence-corrected chi connectivity index (χ0v) is 7.29. The van der Waals surface area contributed by atoms with Crippen molar-refractivity contribution in [2.75, 3.05) is 13.1 Å². The minimum atomic E-state index is 0.983. The summed E-state index contributed by atoms with van der Waals surface area (Å²) in [6.07, 6.45) is 14.7. The SMILES string of the molecule is C1=CCNC=C1.C1=CNCCC1. The van der Waals surface area contributed by atoms with Gasteiger partial charge in [-0.1, -0.05) is 18.2 Å². The first kappa shape index (κ1) is 8.91. The molecule has 0 bridgehead atoms. The van der Waals surface area contributed by atoms with Crippen molar-refractivity contribution in [1.29, 1.82) is 0 Å². The van der Waals surface area contributed by atoms with Gasteiger partial charge in [-0.3, -0.25) is 0 Å². The third kappa shape index (κ3) is 4.61. The summed E-state index contributed by atoms with van der Waals surface area (Å²) in [4.78, 5) is 0. The van der Waals surface area contributed by atoms with Crippen molar-refractivity contribution < 1.29 is 0 Å². The van der Waals surface area contributed by atoms with Gasteiger partial charge in [0.1, 0.15) is 0 Å². The van der Waals surface area contributed by atoms with E-state index in [0.717, 1.165) is 13.1 Å². The third-order valence-corrected chi connectivity index (χ3v) is 1.62. The molecule has 2 aliphatic rings. The number of allylic oxidation sites excluding steroid dienone is 3. The van der Waals surface area contributed by atoms with E-state index in [9.17, 15) is 0 Å². The highest BCUT2D eigenvalue weighted by atomic mass is 14.8. The second-order valence-electron chi connectivity index (χ2n) is 2.69. The van der Waals surface area contributed by atoms with Crippen LogP contribution in [0.1, 0.15) is 12.8 Å². The number of nitrogens with one attached hydrogen (secondary N) is 2. The maximum absolute atomic E-state index is 3.10. The monoisotopic (exact) mass is 164 g/mol. The standard InChI is InChI=1S/C5H9N.C5H7N/c2*1-2-4-6-5-3-1/h2,4,6H,1,3,5H2;1-4,6H,5H2. The van der Waals surface area contributed by atoms with Crippen LogP contribution in [0.15, 0.2) is 36.7 Å². The molecular weight excluding hydrogens is 148 g/mol. The van der Waals surface area contributed by atoms with Crippen LogP contribution >= 0.6 is 0 Å². The summed E-state index contributed by atoms with van der Waals surface area (Å²) in [7, 11) is 0. The average molecular weight is 164 g/mol. The molecule has 2 heteroatoms. The maximum Gasteiger partial charge on any atom is 0.0328 e. The molecule has 0 aromatic rings. The Kier molecular flexibility index (Phi) is 4.85. The molecule has 0 amide bonds. The molecule has 0 spiro atoms. The molecule has 2 rings (SSSR count). The number of rotatable bonds is 0. The van der Waals surface area contributed by atoms with Crippen LogP contribution in [0.2, 0.25) is 0 Å². The molecule has 0 saturated carbocycles. The second-order valence-corrected chi connectivity index (χ2v) is 2.69. The Hall–Kier alpha value is -1.18. The van der Waals surface area contributed by atoms with Gasteiger partial charge < -0.3 is 10.6 Å². The maximum atomic E-state index is 3.10. The van der Waals surface area contributed by atoms with E-state index in [2.05, 4.69) is 22.8 Å². The molecule has 0 aromatic carbocycles. The van der Waals surface area contributed by atoms with Crippen LogP contribution in [0.5, 0.6) is 0 Å². The van der Waals surface area contributed by atoms with Gasteiger partial charge in [-0.25, -0.2) is 0 Å². The predicted octanol–water partition coefficient (Wildman–Crippen LogP) is 1.54. The van der Waals surface area contributed by atoms with Crippen molar-refractivity contribution in [1.82, 2.24) is 10.6 Å². The first-order valence-electron chi connectivity index (χ1n) is 4.43. The second kappa shape index (κ2) is 6.53. The highest BCUT2D eigenvalue weighted by molar-refractivity contribution is 5.06. The van der Waals surface area contributed by atoms with E-state index in [-0.39, 0.29) is 0 Å². The first-order valence-corrected chi connectivity index (χ1v) is 4.43. The normalized spacial score (nSPS) is 18.7.